The third-order valence-electron chi connectivity index (χ3n) is 3.12. The van der Waals surface area contributed by atoms with Crippen molar-refractivity contribution in [1.29, 1.82) is 0 Å². The minimum Gasteiger partial charge on any atom is -0.493 e. The molecular formula is C16H20F3NO3S. The molecule has 1 aliphatic heterocycles. The number of carbonyl (C=O) groups is 1. The second-order valence-corrected chi connectivity index (χ2v) is 5.50. The van der Waals surface area contributed by atoms with Crippen molar-refractivity contribution in [3.8, 4) is 5.75 Å². The van der Waals surface area contributed by atoms with E-state index >= 15 is 0 Å². The van der Waals surface area contributed by atoms with E-state index in [0.29, 0.717) is 10.7 Å². The number of ether oxygens (including phenoxy) is 2. The molecule has 1 saturated heterocycles. The Morgan fingerprint density at radius 3 is 2.12 bits per heavy atom. The first kappa shape index (κ1) is 20.4. The number of alkyl halides is 3. The number of nitrogens with one attached hydrogen (secondary N) is 1. The lowest BCUT2D eigenvalue weighted by atomic mass is 10.0. The van der Waals surface area contributed by atoms with Gasteiger partial charge in [0.15, 0.2) is 11.5 Å². The van der Waals surface area contributed by atoms with E-state index in [1.165, 1.54) is 24.3 Å². The monoisotopic (exact) mass is 363 g/mol. The zero-order chi connectivity index (χ0) is 18.2. The minimum atomic E-state index is -4.63. The Balaban J connectivity index is 0.000000240. The molecule has 0 atom stereocenters. The van der Waals surface area contributed by atoms with Crippen molar-refractivity contribution in [3.05, 3.63) is 35.6 Å². The standard InChI is InChI=1S/C9H15NO2.C7H5F3OS/c1-7(11)9(12-2)8-3-5-10-6-4-8;8-7(9,10)11-5-1-3-6(12)4-2-5/h10H,3-6H2,1-2H3;1-4,12H. The second-order valence-electron chi connectivity index (χ2n) is 4.98. The van der Waals surface area contributed by atoms with Crippen molar-refractivity contribution in [2.75, 3.05) is 20.2 Å². The molecule has 0 saturated carbocycles. The van der Waals surface area contributed by atoms with Gasteiger partial charge in [0, 0.05) is 11.8 Å². The van der Waals surface area contributed by atoms with Crippen molar-refractivity contribution in [1.82, 2.24) is 5.32 Å². The van der Waals surface area contributed by atoms with E-state index < -0.39 is 6.36 Å². The highest BCUT2D eigenvalue weighted by atomic mass is 32.1. The highest BCUT2D eigenvalue weighted by Gasteiger charge is 2.30. The average Bonchev–Trinajstić information content (AvgIpc) is 2.50. The maximum Gasteiger partial charge on any atom is 0.573 e. The van der Waals surface area contributed by atoms with Gasteiger partial charge in [-0.15, -0.1) is 25.8 Å². The van der Waals surface area contributed by atoms with Crippen LogP contribution >= 0.6 is 12.6 Å². The van der Waals surface area contributed by atoms with Crippen molar-refractivity contribution in [3.63, 3.8) is 0 Å². The number of Topliss-reactive ketones (excluding diaryl/α,β-unsaturated/α-hetero) is 1. The first-order valence-corrected chi connectivity index (χ1v) is 7.70. The van der Waals surface area contributed by atoms with Gasteiger partial charge < -0.3 is 14.8 Å². The van der Waals surface area contributed by atoms with Crippen LogP contribution < -0.4 is 10.1 Å². The first-order chi connectivity index (χ1) is 11.2. The Morgan fingerprint density at radius 2 is 1.71 bits per heavy atom. The Labute approximate surface area is 144 Å². The van der Waals surface area contributed by atoms with Crippen LogP contribution in [0.4, 0.5) is 13.2 Å². The lowest BCUT2D eigenvalue weighted by molar-refractivity contribution is -0.274. The van der Waals surface area contributed by atoms with Gasteiger partial charge in [0.1, 0.15) is 5.75 Å². The predicted molar refractivity (Wildman–Crippen MR) is 87.2 cm³/mol. The van der Waals surface area contributed by atoms with Crippen LogP contribution in [-0.2, 0) is 9.53 Å². The summed E-state index contributed by atoms with van der Waals surface area (Å²) in [4.78, 5) is 11.7. The Morgan fingerprint density at radius 1 is 1.17 bits per heavy atom. The average molecular weight is 363 g/mol. The Bertz CT molecular complexity index is 563. The van der Waals surface area contributed by atoms with Gasteiger partial charge in [-0.25, -0.2) is 0 Å². The summed E-state index contributed by atoms with van der Waals surface area (Å²) in [5.74, 6) is 0.367. The fourth-order valence-electron chi connectivity index (χ4n) is 2.14. The summed E-state index contributed by atoms with van der Waals surface area (Å²) in [6.45, 7) is 3.46. The number of piperidine rings is 1. The number of carbonyl (C=O) groups excluding carboxylic acids is 1. The summed E-state index contributed by atoms with van der Waals surface area (Å²) in [5.41, 5.74) is 1.16. The van der Waals surface area contributed by atoms with E-state index in [4.69, 9.17) is 4.74 Å². The predicted octanol–water partition coefficient (Wildman–Crippen LogP) is 3.73. The molecule has 4 nitrogen and oxygen atoms in total. The van der Waals surface area contributed by atoms with Gasteiger partial charge in [-0.05, 0) is 55.8 Å². The molecular weight excluding hydrogens is 343 g/mol. The molecule has 0 aromatic heterocycles. The molecule has 0 radical (unpaired) electrons. The van der Waals surface area contributed by atoms with Gasteiger partial charge in [0.25, 0.3) is 0 Å². The fourth-order valence-corrected chi connectivity index (χ4v) is 2.29. The number of rotatable bonds is 3. The SMILES string of the molecule is COC(C(C)=O)=C1CCNCC1.FC(F)(F)Oc1ccc(S)cc1. The van der Waals surface area contributed by atoms with Crippen molar-refractivity contribution < 1.29 is 27.4 Å². The third kappa shape index (κ3) is 7.74. The maximum atomic E-state index is 11.6. The smallest absolute Gasteiger partial charge is 0.493 e. The number of hydrogen-bond acceptors (Lipinski definition) is 5. The molecule has 134 valence electrons. The van der Waals surface area contributed by atoms with E-state index in [-0.39, 0.29) is 11.5 Å². The molecule has 0 bridgehead atoms. The summed E-state index contributed by atoms with van der Waals surface area (Å²) in [6, 6.07) is 5.25. The number of hydrogen-bond donors (Lipinski definition) is 2. The molecule has 0 amide bonds. The van der Waals surface area contributed by atoms with Gasteiger partial charge in [0.2, 0.25) is 0 Å². The van der Waals surface area contributed by atoms with Gasteiger partial charge >= 0.3 is 6.36 Å². The molecule has 1 aromatic carbocycles. The molecule has 0 unspecified atom stereocenters. The van der Waals surface area contributed by atoms with E-state index in [1.54, 1.807) is 14.0 Å². The highest BCUT2D eigenvalue weighted by molar-refractivity contribution is 7.80. The number of halogens is 3. The lowest BCUT2D eigenvalue weighted by Gasteiger charge is -2.17. The van der Waals surface area contributed by atoms with Gasteiger partial charge in [-0.1, -0.05) is 0 Å². The minimum absolute atomic E-state index is 0.0365. The zero-order valence-corrected chi connectivity index (χ0v) is 14.3. The van der Waals surface area contributed by atoms with E-state index in [9.17, 15) is 18.0 Å². The molecule has 1 heterocycles. The van der Waals surface area contributed by atoms with Crippen LogP contribution in [0.3, 0.4) is 0 Å². The topological polar surface area (TPSA) is 47.6 Å². The van der Waals surface area contributed by atoms with Crippen LogP contribution in [0.1, 0.15) is 19.8 Å². The number of benzene rings is 1. The Kier molecular flexibility index (Phi) is 8.14. The zero-order valence-electron chi connectivity index (χ0n) is 13.4. The second kappa shape index (κ2) is 9.58. The molecule has 8 heteroatoms. The van der Waals surface area contributed by atoms with Crippen LogP contribution in [0.15, 0.2) is 40.5 Å². The first-order valence-electron chi connectivity index (χ1n) is 7.25. The van der Waals surface area contributed by atoms with Gasteiger partial charge in [0.05, 0.1) is 7.11 Å². The summed E-state index contributed by atoms with van der Waals surface area (Å²) < 4.78 is 43.5. The molecule has 1 aromatic rings. The van der Waals surface area contributed by atoms with E-state index in [2.05, 4.69) is 22.7 Å². The third-order valence-corrected chi connectivity index (χ3v) is 3.42. The molecule has 2 rings (SSSR count). The summed E-state index contributed by atoms with van der Waals surface area (Å²) >= 11 is 3.91. The molecule has 1 fully saturated rings. The van der Waals surface area contributed by atoms with Crippen molar-refractivity contribution in [2.45, 2.75) is 31.0 Å². The van der Waals surface area contributed by atoms with Crippen LogP contribution in [0, 0.1) is 0 Å². The largest absolute Gasteiger partial charge is 0.573 e. The van der Waals surface area contributed by atoms with Gasteiger partial charge in [-0.2, -0.15) is 0 Å². The number of ketones is 1. The molecule has 24 heavy (non-hydrogen) atoms. The summed E-state index contributed by atoms with van der Waals surface area (Å²) in [7, 11) is 1.56. The van der Waals surface area contributed by atoms with Crippen LogP contribution in [0.5, 0.6) is 5.75 Å². The highest BCUT2D eigenvalue weighted by Crippen LogP contribution is 2.23. The Hall–Kier alpha value is -1.67. The molecule has 1 N–H and O–H groups in total. The van der Waals surface area contributed by atoms with Crippen LogP contribution in [-0.4, -0.2) is 32.3 Å². The summed E-state index contributed by atoms with van der Waals surface area (Å²) in [6.07, 6.45) is -2.76. The lowest BCUT2D eigenvalue weighted by Crippen LogP contribution is -2.24. The normalized spacial score (nSPS) is 14.3. The molecule has 1 aliphatic rings. The molecule has 0 aliphatic carbocycles. The fraction of sp³-hybridized carbons (Fsp3) is 0.438. The number of allylic oxidation sites excluding steroid dienone is 1. The molecule has 0 spiro atoms. The number of thiol groups is 1. The van der Waals surface area contributed by atoms with Gasteiger partial charge in [-0.3, -0.25) is 4.79 Å². The number of methoxy groups -OCH3 is 1. The van der Waals surface area contributed by atoms with Crippen LogP contribution in [0.25, 0.3) is 0 Å². The van der Waals surface area contributed by atoms with Crippen molar-refractivity contribution in [2.24, 2.45) is 0 Å². The van der Waals surface area contributed by atoms with E-state index in [1.807, 2.05) is 0 Å². The van der Waals surface area contributed by atoms with Crippen molar-refractivity contribution >= 4 is 18.4 Å². The van der Waals surface area contributed by atoms with E-state index in [0.717, 1.165) is 31.5 Å². The maximum absolute atomic E-state index is 11.6. The van der Waals surface area contributed by atoms with Crippen LogP contribution in [0.2, 0.25) is 0 Å². The summed E-state index contributed by atoms with van der Waals surface area (Å²) in [5, 5.41) is 3.23. The quantitative estimate of drug-likeness (QED) is 0.488.